The van der Waals surface area contributed by atoms with Crippen molar-refractivity contribution in [2.75, 3.05) is 0 Å². The molecule has 0 amide bonds. The summed E-state index contributed by atoms with van der Waals surface area (Å²) in [5.41, 5.74) is 2.20. The van der Waals surface area contributed by atoms with Crippen molar-refractivity contribution in [1.82, 2.24) is 0 Å². The number of benzene rings is 7. The molecule has 0 atom stereocenters. The smallest absolute Gasteiger partial charge is 0.419 e. The summed E-state index contributed by atoms with van der Waals surface area (Å²) in [6.07, 6.45) is -6.93. The fourth-order valence-electron chi connectivity index (χ4n) is 6.05. The first-order chi connectivity index (χ1) is 23.2. The van der Waals surface area contributed by atoms with Gasteiger partial charge in [0, 0.05) is 5.56 Å². The summed E-state index contributed by atoms with van der Waals surface area (Å²) in [5.74, 6) is -14.3. The number of rotatable bonds is 7. The zero-order chi connectivity index (χ0) is 34.8. The second-order valence-electron chi connectivity index (χ2n) is 11.4. The molecule has 0 aliphatic rings. The van der Waals surface area contributed by atoms with E-state index in [1.165, 1.54) is 6.07 Å². The third kappa shape index (κ3) is 5.31. The Bertz CT molecular complexity index is 2330. The average molecular weight is 697 g/mol. The fraction of sp³-hybridized carbons (Fsp3) is 0.105. The highest BCUT2D eigenvalue weighted by atomic mass is 32.2. The van der Waals surface area contributed by atoms with E-state index in [0.717, 1.165) is 49.5 Å². The summed E-state index contributed by atoms with van der Waals surface area (Å²) in [4.78, 5) is 0. The number of hydrogen-bond donors (Lipinski definition) is 0. The molecule has 0 saturated heterocycles. The van der Waals surface area contributed by atoms with Crippen molar-refractivity contribution >= 4 is 55.1 Å². The number of fused-ring (bicyclic) bond motifs is 7. The van der Waals surface area contributed by atoms with Gasteiger partial charge in [-0.3, -0.25) is 0 Å². The molecule has 0 aromatic heterocycles. The van der Waals surface area contributed by atoms with Crippen molar-refractivity contribution in [3.8, 4) is 28.0 Å². The largest absolute Gasteiger partial charge is 0.460 e. The predicted molar refractivity (Wildman–Crippen MR) is 176 cm³/mol. The monoisotopic (exact) mass is 696 g/mol. The summed E-state index contributed by atoms with van der Waals surface area (Å²) in [6.45, 7) is 0. The fourth-order valence-corrected chi connectivity index (χ4v) is 6.61. The second-order valence-corrected chi connectivity index (χ2v) is 12.3. The van der Waals surface area contributed by atoms with Crippen LogP contribution >= 0.6 is 12.0 Å². The van der Waals surface area contributed by atoms with Crippen LogP contribution in [-0.2, 0) is 0 Å². The molecule has 0 aliphatic heterocycles. The predicted octanol–water partition coefficient (Wildman–Crippen LogP) is 13.1. The van der Waals surface area contributed by atoms with E-state index in [1.807, 2.05) is 36.4 Å². The molecule has 1 nitrogen and oxygen atoms in total. The van der Waals surface area contributed by atoms with Gasteiger partial charge in [0.25, 0.3) is 0 Å². The third-order valence-corrected chi connectivity index (χ3v) is 9.22. The van der Waals surface area contributed by atoms with E-state index < -0.39 is 41.1 Å². The summed E-state index contributed by atoms with van der Waals surface area (Å²) in [5, 5.41) is 1.58. The lowest BCUT2D eigenvalue weighted by molar-refractivity contribution is -0.381. The molecule has 49 heavy (non-hydrogen) atoms. The molecule has 7 aromatic carbocycles. The Morgan fingerprint density at radius 2 is 0.878 bits per heavy atom. The van der Waals surface area contributed by atoms with Crippen molar-refractivity contribution < 1.29 is 43.7 Å². The molecule has 0 aliphatic carbocycles. The van der Waals surface area contributed by atoms with Crippen LogP contribution in [0, 0.1) is 0 Å². The van der Waals surface area contributed by atoms with Gasteiger partial charge < -0.3 is 4.18 Å². The summed E-state index contributed by atoms with van der Waals surface area (Å²) < 4.78 is 127. The van der Waals surface area contributed by atoms with E-state index in [9.17, 15) is 39.5 Å². The van der Waals surface area contributed by atoms with Crippen LogP contribution in [0.2, 0.25) is 0 Å². The molecule has 0 saturated carbocycles. The van der Waals surface area contributed by atoms with Gasteiger partial charge >= 0.3 is 23.3 Å². The van der Waals surface area contributed by atoms with Gasteiger partial charge in [-0.2, -0.15) is 39.5 Å². The van der Waals surface area contributed by atoms with E-state index in [2.05, 4.69) is 30.3 Å². The third-order valence-electron chi connectivity index (χ3n) is 8.49. The molecule has 11 heteroatoms. The zero-order valence-electron chi connectivity index (χ0n) is 24.8. The summed E-state index contributed by atoms with van der Waals surface area (Å²) in [6, 6.07) is 38.4. The van der Waals surface area contributed by atoms with Gasteiger partial charge in [0.05, 0.1) is 0 Å². The Hall–Kier alpha value is -4.90. The highest BCUT2D eigenvalue weighted by molar-refractivity contribution is 7.96. The minimum Gasteiger partial charge on any atom is -0.419 e. The standard InChI is InChI=1S/C38H21F9OS/c39-35(40,37(43,44)45)36(41,42)38(46,47)49-48-33-20-18-23-7-1-2-8-26(23)34(33)24-15-13-22(14-16-24)25-17-19-31-29-11-4-3-9-27(29)28-10-5-6-12-30(28)32(31)21-25/h1-21H. The van der Waals surface area contributed by atoms with Crippen LogP contribution in [0.15, 0.2) is 127 Å². The lowest BCUT2D eigenvalue weighted by Gasteiger charge is -2.32. The molecular formula is C38H21F9OS. The molecular weight excluding hydrogens is 675 g/mol. The van der Waals surface area contributed by atoms with Crippen molar-refractivity contribution in [2.45, 2.75) is 23.3 Å². The van der Waals surface area contributed by atoms with Gasteiger partial charge in [-0.1, -0.05) is 115 Å². The Morgan fingerprint density at radius 1 is 0.408 bits per heavy atom. The Morgan fingerprint density at radius 3 is 1.45 bits per heavy atom. The van der Waals surface area contributed by atoms with Gasteiger partial charge in [0.2, 0.25) is 0 Å². The maximum Gasteiger partial charge on any atom is 0.460 e. The first-order valence-electron chi connectivity index (χ1n) is 14.7. The molecule has 0 N–H and O–H groups in total. The van der Waals surface area contributed by atoms with Gasteiger partial charge in [-0.05, 0) is 71.9 Å². The molecule has 7 rings (SSSR count). The minimum atomic E-state index is -7.02. The molecule has 0 unspecified atom stereocenters. The number of alkyl halides is 9. The highest BCUT2D eigenvalue weighted by Crippen LogP contribution is 2.57. The SMILES string of the molecule is FC(F)(F)C(F)(F)C(F)(F)C(F)(F)SOc1ccc2ccccc2c1-c1ccc(-c2ccc3c4ccccc4c4ccccc4c3c2)cc1. The molecule has 7 aromatic rings. The van der Waals surface area contributed by atoms with Crippen LogP contribution in [-0.4, -0.2) is 23.3 Å². The van der Waals surface area contributed by atoms with Gasteiger partial charge in [-0.25, -0.2) is 0 Å². The van der Waals surface area contributed by atoms with Gasteiger partial charge in [0.1, 0.15) is 17.8 Å². The first kappa shape index (κ1) is 32.6. The van der Waals surface area contributed by atoms with Crippen molar-refractivity contribution in [3.63, 3.8) is 0 Å². The Balaban J connectivity index is 1.27. The van der Waals surface area contributed by atoms with Crippen molar-refractivity contribution in [2.24, 2.45) is 0 Å². The maximum absolute atomic E-state index is 14.4. The van der Waals surface area contributed by atoms with Crippen molar-refractivity contribution in [1.29, 1.82) is 0 Å². The lowest BCUT2D eigenvalue weighted by atomic mass is 9.91. The molecule has 0 fully saturated rings. The molecule has 0 bridgehead atoms. The number of halogens is 9. The first-order valence-corrected chi connectivity index (χ1v) is 15.5. The summed E-state index contributed by atoms with van der Waals surface area (Å²) >= 11 is -1.46. The van der Waals surface area contributed by atoms with Crippen LogP contribution in [0.25, 0.3) is 65.3 Å². The molecule has 0 spiro atoms. The normalized spacial score (nSPS) is 13.1. The van der Waals surface area contributed by atoms with Crippen LogP contribution in [0.4, 0.5) is 39.5 Å². The lowest BCUT2D eigenvalue weighted by Crippen LogP contribution is -2.59. The maximum atomic E-state index is 14.4. The molecule has 0 heterocycles. The van der Waals surface area contributed by atoms with E-state index in [-0.39, 0.29) is 5.56 Å². The molecule has 248 valence electrons. The van der Waals surface area contributed by atoms with E-state index >= 15 is 0 Å². The van der Waals surface area contributed by atoms with Crippen LogP contribution in [0.3, 0.4) is 0 Å². The average Bonchev–Trinajstić information content (AvgIpc) is 3.10. The van der Waals surface area contributed by atoms with Crippen LogP contribution in [0.1, 0.15) is 0 Å². The topological polar surface area (TPSA) is 9.23 Å². The van der Waals surface area contributed by atoms with Gasteiger partial charge in [-0.15, -0.1) is 0 Å². The van der Waals surface area contributed by atoms with E-state index in [0.29, 0.717) is 16.3 Å². The van der Waals surface area contributed by atoms with Crippen molar-refractivity contribution in [3.05, 3.63) is 127 Å². The Labute approximate surface area is 277 Å². The van der Waals surface area contributed by atoms with E-state index in [4.69, 9.17) is 4.18 Å². The Kier molecular flexibility index (Phi) is 7.74. The van der Waals surface area contributed by atoms with Crippen LogP contribution in [0.5, 0.6) is 5.75 Å². The highest BCUT2D eigenvalue weighted by Gasteiger charge is 2.82. The van der Waals surface area contributed by atoms with E-state index in [1.54, 1.807) is 48.5 Å². The van der Waals surface area contributed by atoms with Gasteiger partial charge in [0.15, 0.2) is 0 Å². The number of hydrogen-bond acceptors (Lipinski definition) is 2. The minimum absolute atomic E-state index is 0.148. The molecule has 0 radical (unpaired) electrons. The zero-order valence-corrected chi connectivity index (χ0v) is 25.7. The second kappa shape index (κ2) is 11.6. The summed E-state index contributed by atoms with van der Waals surface area (Å²) in [7, 11) is 0. The quantitative estimate of drug-likeness (QED) is 0.0932. The van der Waals surface area contributed by atoms with Crippen LogP contribution < -0.4 is 4.18 Å².